The van der Waals surface area contributed by atoms with E-state index in [1.165, 1.54) is 19.3 Å². The molecular formula is C22H29N3O4. The van der Waals surface area contributed by atoms with Crippen LogP contribution in [0.3, 0.4) is 0 Å². The number of morpholine rings is 1. The second-order valence-electron chi connectivity index (χ2n) is 7.98. The van der Waals surface area contributed by atoms with Gasteiger partial charge in [0.25, 0.3) is 5.91 Å². The first kappa shape index (κ1) is 19.6. The number of hydrogen-bond donors (Lipinski definition) is 4. The number of carbonyl (C=O) groups excluding carboxylic acids is 1. The Hall–Kier alpha value is -2.67. The van der Waals surface area contributed by atoms with Crippen LogP contribution in [0.15, 0.2) is 24.3 Å². The topological polar surface area (TPSA) is 97.8 Å². The van der Waals surface area contributed by atoms with Crippen molar-refractivity contribution in [1.82, 2.24) is 4.98 Å². The predicted molar refractivity (Wildman–Crippen MR) is 112 cm³/mol. The number of aromatic nitrogens is 1. The molecule has 0 radical (unpaired) electrons. The second kappa shape index (κ2) is 8.78. The molecule has 0 atom stereocenters. The SMILES string of the molecule is O=C(Nc1ccc(N2CCOCC2)cc1)c1c(O)[nH]c(CC2CCCCC2)c1O. The van der Waals surface area contributed by atoms with Gasteiger partial charge in [-0.3, -0.25) is 4.79 Å². The Balaban J connectivity index is 1.42. The largest absolute Gasteiger partial charge is 0.505 e. The molecule has 0 unspecified atom stereocenters. The van der Waals surface area contributed by atoms with Gasteiger partial charge in [0.15, 0.2) is 5.75 Å². The van der Waals surface area contributed by atoms with Gasteiger partial charge in [-0.25, -0.2) is 0 Å². The van der Waals surface area contributed by atoms with Gasteiger partial charge in [-0.1, -0.05) is 32.1 Å². The van der Waals surface area contributed by atoms with Crippen LogP contribution < -0.4 is 10.2 Å². The molecule has 2 aromatic rings. The van der Waals surface area contributed by atoms with E-state index in [-0.39, 0.29) is 17.2 Å². The van der Waals surface area contributed by atoms with Gasteiger partial charge >= 0.3 is 0 Å². The molecule has 29 heavy (non-hydrogen) atoms. The van der Waals surface area contributed by atoms with Crippen LogP contribution in [0.4, 0.5) is 11.4 Å². The minimum absolute atomic E-state index is 0.0898. The van der Waals surface area contributed by atoms with Crippen LogP contribution in [0.1, 0.15) is 48.2 Å². The minimum Gasteiger partial charge on any atom is -0.505 e. The summed E-state index contributed by atoms with van der Waals surface area (Å²) < 4.78 is 5.37. The second-order valence-corrected chi connectivity index (χ2v) is 7.98. The summed E-state index contributed by atoms with van der Waals surface area (Å²) in [7, 11) is 0. The minimum atomic E-state index is -0.523. The molecule has 156 valence electrons. The van der Waals surface area contributed by atoms with Gasteiger partial charge in [-0.15, -0.1) is 0 Å². The molecule has 1 aliphatic heterocycles. The number of aromatic hydroxyl groups is 2. The number of nitrogens with zero attached hydrogens (tertiary/aromatic N) is 1. The van der Waals surface area contributed by atoms with Crippen molar-refractivity contribution >= 4 is 17.3 Å². The molecule has 7 heteroatoms. The van der Waals surface area contributed by atoms with E-state index in [1.807, 2.05) is 24.3 Å². The zero-order chi connectivity index (χ0) is 20.2. The average Bonchev–Trinajstić information content (AvgIpc) is 3.03. The molecule has 1 aromatic heterocycles. The molecule has 1 saturated carbocycles. The first-order chi connectivity index (χ1) is 14.1. The lowest BCUT2D eigenvalue weighted by molar-refractivity contribution is 0.102. The van der Waals surface area contributed by atoms with E-state index < -0.39 is 5.91 Å². The van der Waals surface area contributed by atoms with Crippen LogP contribution in [0.25, 0.3) is 0 Å². The highest BCUT2D eigenvalue weighted by molar-refractivity contribution is 6.08. The third-order valence-electron chi connectivity index (χ3n) is 5.97. The normalized spacial score (nSPS) is 18.0. The maximum absolute atomic E-state index is 12.7. The van der Waals surface area contributed by atoms with E-state index in [9.17, 15) is 15.0 Å². The molecular weight excluding hydrogens is 370 g/mol. The first-order valence-corrected chi connectivity index (χ1v) is 10.5. The predicted octanol–water partition coefficient (Wildman–Crippen LogP) is 3.64. The monoisotopic (exact) mass is 399 g/mol. The molecule has 1 saturated heterocycles. The molecule has 2 heterocycles. The van der Waals surface area contributed by atoms with Crippen molar-refractivity contribution in [3.63, 3.8) is 0 Å². The van der Waals surface area contributed by atoms with Gasteiger partial charge in [0.2, 0.25) is 5.88 Å². The van der Waals surface area contributed by atoms with E-state index in [0.29, 0.717) is 36.9 Å². The van der Waals surface area contributed by atoms with Crippen molar-refractivity contribution in [3.05, 3.63) is 35.5 Å². The number of rotatable bonds is 5. The molecule has 4 N–H and O–H groups in total. The molecule has 1 aliphatic carbocycles. The number of aromatic amines is 1. The van der Waals surface area contributed by atoms with Crippen molar-refractivity contribution in [2.45, 2.75) is 38.5 Å². The third-order valence-corrected chi connectivity index (χ3v) is 5.97. The van der Waals surface area contributed by atoms with E-state index in [4.69, 9.17) is 4.74 Å². The van der Waals surface area contributed by atoms with Gasteiger partial charge in [-0.05, 0) is 36.6 Å². The molecule has 0 bridgehead atoms. The number of benzene rings is 1. The highest BCUT2D eigenvalue weighted by atomic mass is 16.5. The number of anilines is 2. The number of nitrogens with one attached hydrogen (secondary N) is 2. The fourth-order valence-electron chi connectivity index (χ4n) is 4.34. The molecule has 1 aromatic carbocycles. The summed E-state index contributed by atoms with van der Waals surface area (Å²) in [6, 6.07) is 7.55. The van der Waals surface area contributed by atoms with E-state index in [2.05, 4.69) is 15.2 Å². The summed E-state index contributed by atoms with van der Waals surface area (Å²) in [6.45, 7) is 3.13. The van der Waals surface area contributed by atoms with Crippen LogP contribution in [0.2, 0.25) is 0 Å². The fraction of sp³-hybridized carbons (Fsp3) is 0.500. The summed E-state index contributed by atoms with van der Waals surface area (Å²) in [5.41, 5.74) is 2.14. The first-order valence-electron chi connectivity index (χ1n) is 10.5. The van der Waals surface area contributed by atoms with Crippen LogP contribution in [0, 0.1) is 5.92 Å². The van der Waals surface area contributed by atoms with Crippen molar-refractivity contribution in [1.29, 1.82) is 0 Å². The van der Waals surface area contributed by atoms with Crippen molar-refractivity contribution in [2.75, 3.05) is 36.5 Å². The number of H-pyrrole nitrogens is 1. The summed E-state index contributed by atoms with van der Waals surface area (Å²) in [5.74, 6) is -0.465. The Morgan fingerprint density at radius 2 is 1.79 bits per heavy atom. The van der Waals surface area contributed by atoms with Crippen molar-refractivity contribution in [3.8, 4) is 11.6 Å². The lowest BCUT2D eigenvalue weighted by Crippen LogP contribution is -2.36. The number of ether oxygens (including phenoxy) is 1. The van der Waals surface area contributed by atoms with Crippen LogP contribution in [0.5, 0.6) is 11.6 Å². The van der Waals surface area contributed by atoms with Gasteiger partial charge < -0.3 is 30.2 Å². The smallest absolute Gasteiger partial charge is 0.264 e. The Labute approximate surface area is 170 Å². The average molecular weight is 399 g/mol. The van der Waals surface area contributed by atoms with Crippen LogP contribution in [-0.4, -0.2) is 47.4 Å². The quantitative estimate of drug-likeness (QED) is 0.615. The van der Waals surface area contributed by atoms with Gasteiger partial charge in [0.05, 0.1) is 18.9 Å². The summed E-state index contributed by atoms with van der Waals surface area (Å²) >= 11 is 0. The maximum atomic E-state index is 12.7. The molecule has 0 spiro atoms. The van der Waals surface area contributed by atoms with E-state index in [1.54, 1.807) is 0 Å². The summed E-state index contributed by atoms with van der Waals surface area (Å²) in [4.78, 5) is 17.7. The Kier molecular flexibility index (Phi) is 5.94. The van der Waals surface area contributed by atoms with E-state index >= 15 is 0 Å². The maximum Gasteiger partial charge on any atom is 0.264 e. The molecule has 4 rings (SSSR count). The van der Waals surface area contributed by atoms with Gasteiger partial charge in [-0.2, -0.15) is 0 Å². The molecule has 2 aliphatic rings. The lowest BCUT2D eigenvalue weighted by Gasteiger charge is -2.28. The molecule has 2 fully saturated rings. The highest BCUT2D eigenvalue weighted by Crippen LogP contribution is 2.35. The highest BCUT2D eigenvalue weighted by Gasteiger charge is 2.25. The number of amides is 1. The Morgan fingerprint density at radius 3 is 2.48 bits per heavy atom. The van der Waals surface area contributed by atoms with Crippen LogP contribution in [-0.2, 0) is 11.2 Å². The Bertz CT molecular complexity index is 834. The van der Waals surface area contributed by atoms with Gasteiger partial charge in [0.1, 0.15) is 5.56 Å². The Morgan fingerprint density at radius 1 is 1.10 bits per heavy atom. The summed E-state index contributed by atoms with van der Waals surface area (Å²) in [6.07, 6.45) is 6.56. The fourth-order valence-corrected chi connectivity index (χ4v) is 4.34. The zero-order valence-corrected chi connectivity index (χ0v) is 16.6. The third kappa shape index (κ3) is 4.50. The number of carbonyl (C=O) groups is 1. The van der Waals surface area contributed by atoms with Crippen molar-refractivity contribution < 1.29 is 19.7 Å². The zero-order valence-electron chi connectivity index (χ0n) is 16.6. The lowest BCUT2D eigenvalue weighted by atomic mass is 9.86. The summed E-state index contributed by atoms with van der Waals surface area (Å²) in [5, 5.41) is 23.5. The van der Waals surface area contributed by atoms with E-state index in [0.717, 1.165) is 31.6 Å². The van der Waals surface area contributed by atoms with Crippen LogP contribution >= 0.6 is 0 Å². The van der Waals surface area contributed by atoms with Crippen molar-refractivity contribution in [2.24, 2.45) is 5.92 Å². The molecule has 1 amide bonds. The standard InChI is InChI=1S/C22H29N3O4/c26-20-18(14-15-4-2-1-3-5-15)24-22(28)19(20)21(27)23-16-6-8-17(9-7-16)25-10-12-29-13-11-25/h6-9,15,24,26,28H,1-5,10-14H2,(H,23,27). The molecule has 7 nitrogen and oxygen atoms in total. The van der Waals surface area contributed by atoms with Gasteiger partial charge in [0, 0.05) is 24.5 Å². The number of hydrogen-bond acceptors (Lipinski definition) is 5.